The number of esters is 1. The number of nitrogens with one attached hydrogen (secondary N) is 9. The van der Waals surface area contributed by atoms with E-state index in [-0.39, 0.29) is 25.8 Å². The lowest BCUT2D eigenvalue weighted by Gasteiger charge is -2.52. The molecule has 60 heteroatoms. The number of carboxylic acids is 2. The summed E-state index contributed by atoms with van der Waals surface area (Å²) in [5, 5.41) is 285. The van der Waals surface area contributed by atoms with E-state index in [1.165, 1.54) is 34.6 Å². The summed E-state index contributed by atoms with van der Waals surface area (Å²) in [7, 11) is 0. The van der Waals surface area contributed by atoms with Crippen LogP contribution in [0.3, 0.4) is 0 Å². The Kier molecular flexibility index (Phi) is 45.2. The molecule has 0 spiro atoms. The third-order valence-corrected chi connectivity index (χ3v) is 24.9. The average molecular weight is 2090 g/mol. The SMILES string of the molecule is CC(=O)N[C@@H]1[C@@H](O[C@@H]2O[C@@H](C)[C@@H](O)[C@@H](O)[C@@H]2O)[C@H](O[C@@H]2O[C@H](CO)[C@H](O)[C@H](O[C@]3(C(=O)O)C[C@H](O)[C@@H](NC(C)=O)[C@H]([C@H](O)[C@H](O)CO)O3)[C@H]2O)[C@@H](CO)O[C@H]1NC(=O)C[C@H](NC(C)=O)C(=O)NCCCCCCCC(=O)N[C@@H](CC(=O)N[C@@H]1O[C@H](CO)[C@@H](O[C@@H]2O[C@H](CO)[C@H](O)[C@H](O[C@]3(C(=O)O)C[C@H](O)[C@@H](NC(C)=O)[C@H]([C@H](O)[C@H](O)CO)O3)[C@H]2O)[C@H](O[C@@H]2O[C@@H](C)[C@@H](O)[C@@H](O)[C@@H]2O)[C@H]1NC(C)=O)C(=O)OC(C)(C)C. The number of amides is 9. The van der Waals surface area contributed by atoms with Gasteiger partial charge in [-0.3, -0.25) is 43.2 Å². The molecule has 0 saturated carbocycles. The number of carboxylic acid groups (broad SMARTS) is 2. The third kappa shape index (κ3) is 30.8. The summed E-state index contributed by atoms with van der Waals surface area (Å²) in [6, 6.07) is -10.8. The van der Waals surface area contributed by atoms with Gasteiger partial charge in [0.1, 0.15) is 188 Å². The Hall–Kier alpha value is -7.80. The minimum absolute atomic E-state index is 0.112. The monoisotopic (exact) mass is 2090 g/mol. The molecule has 0 unspecified atom stereocenters. The topological polar surface area (TPSA) is 937 Å². The van der Waals surface area contributed by atoms with Crippen molar-refractivity contribution in [3.05, 3.63) is 0 Å². The molecule has 8 saturated heterocycles. The fourth-order valence-corrected chi connectivity index (χ4v) is 17.6. The summed E-state index contributed by atoms with van der Waals surface area (Å²) < 4.78 is 88.8. The average Bonchev–Trinajstić information content (AvgIpc) is 0.755. The predicted molar refractivity (Wildman–Crippen MR) is 463 cm³/mol. The van der Waals surface area contributed by atoms with Crippen LogP contribution in [0.25, 0.3) is 0 Å². The lowest BCUT2D eigenvalue weighted by Crippen LogP contribution is -2.72. The van der Waals surface area contributed by atoms with Gasteiger partial charge < -0.3 is 241 Å². The van der Waals surface area contributed by atoms with Crippen LogP contribution in [-0.4, -0.2) is 514 Å². The van der Waals surface area contributed by atoms with Crippen LogP contribution in [-0.2, 0) is 129 Å². The van der Waals surface area contributed by atoms with E-state index in [1.54, 1.807) is 0 Å². The molecule has 0 aromatic carbocycles. The van der Waals surface area contributed by atoms with Crippen LogP contribution < -0.4 is 47.9 Å². The molecule has 826 valence electrons. The molecule has 0 aromatic rings. The van der Waals surface area contributed by atoms with E-state index in [1.807, 2.05) is 0 Å². The molecule has 0 aliphatic carbocycles. The lowest BCUT2D eigenvalue weighted by molar-refractivity contribution is -0.386. The molecule has 8 heterocycles. The van der Waals surface area contributed by atoms with Crippen LogP contribution in [0.5, 0.6) is 0 Å². The van der Waals surface area contributed by atoms with Gasteiger partial charge in [-0.1, -0.05) is 19.3 Å². The zero-order valence-corrected chi connectivity index (χ0v) is 80.0. The van der Waals surface area contributed by atoms with Crippen molar-refractivity contribution >= 4 is 71.1 Å². The Morgan fingerprint density at radius 1 is 0.382 bits per heavy atom. The minimum atomic E-state index is -3.30. The van der Waals surface area contributed by atoms with Gasteiger partial charge in [0.25, 0.3) is 11.6 Å². The van der Waals surface area contributed by atoms with Crippen LogP contribution in [0.4, 0.5) is 0 Å². The van der Waals surface area contributed by atoms with Crippen molar-refractivity contribution < 1.29 is 251 Å². The smallest absolute Gasteiger partial charge is 0.364 e. The van der Waals surface area contributed by atoms with E-state index in [2.05, 4.69) is 47.9 Å². The molecule has 9 amide bonds. The molecule has 60 nitrogen and oxygen atoms in total. The summed E-state index contributed by atoms with van der Waals surface area (Å²) in [4.78, 5) is 161. The van der Waals surface area contributed by atoms with Crippen molar-refractivity contribution in [2.45, 2.75) is 408 Å². The number of hydrogen-bond donors (Lipinski definition) is 33. The number of hydrogen-bond acceptors (Lipinski definition) is 49. The highest BCUT2D eigenvalue weighted by atomic mass is 16.8. The van der Waals surface area contributed by atoms with Crippen LogP contribution in [0, 0.1) is 0 Å². The molecule has 0 bridgehead atoms. The molecule has 8 fully saturated rings. The summed E-state index contributed by atoms with van der Waals surface area (Å²) >= 11 is 0. The molecule has 8 rings (SSSR count). The number of carbonyl (C=O) groups is 12. The summed E-state index contributed by atoms with van der Waals surface area (Å²) in [5.74, 6) is -20.6. The van der Waals surface area contributed by atoms with E-state index in [0.29, 0.717) is 19.3 Å². The summed E-state index contributed by atoms with van der Waals surface area (Å²) in [6.45, 7) is 4.36. The highest BCUT2D eigenvalue weighted by molar-refractivity contribution is 5.92. The number of aliphatic hydroxyl groups is 22. The first kappa shape index (κ1) is 121. The molecular weight excluding hydrogens is 1950 g/mol. The molecule has 44 atom stereocenters. The summed E-state index contributed by atoms with van der Waals surface area (Å²) in [5.41, 5.74) is -1.27. The quantitative estimate of drug-likeness (QED) is 0.0199. The first-order valence-electron chi connectivity index (χ1n) is 46.5. The van der Waals surface area contributed by atoms with E-state index < -0.39 is 411 Å². The van der Waals surface area contributed by atoms with Crippen LogP contribution >= 0.6 is 0 Å². The standard InChI is InChI=1S/C84H139N9O51/c1-28-52(112)58(118)60(120)76(130-28)138-68-50(89-33(6)103)73(132-43(26-98)64(68)136-78-62(122)70(56(116)41(24-96)134-78)142-83(80(126)127)20-37(105)48(87-31(4)101)66(140-83)54(114)39(107)22-94)92-46(110)18-35(86-30(3)100)72(124)85-17-15-13-11-12-14-16-45(109)91-36(75(125)144-82(8,9)10)19-47(111)93-74-51(90-34(7)104)69(139-77-61(121)59(119)53(113)29(2)131-77)65(44(27-99)133-74)137-79-63(123)71(57(117)42(25-97)135-79)143-84(81(128)129)21-38(106)49(88-32(5)102)67(141-84)55(115)40(108)23-95/h28-29,35-44,48-71,73-74,76-79,94-99,105-108,112-123H,11-27H2,1-10H3,(H,85,124)(H,86,100)(H,87,101)(H,88,102)(H,89,103)(H,90,104)(H,91,109)(H,92,110)(H,93,111)(H,126,127)(H,128,129)/t28-,29-,35-,36-,37-,38-,39+,40+,41+,42+,43+,44+,48+,49+,50+,51+,52+,53+,54+,55+,56-,57-,58+,59+,60-,61-,62+,63+,64+,65+,66+,67+,68+,69+,70-,71-,73+,74+,76-,77-,78-,79-,83-,84-/m0/s1. The third-order valence-electron chi connectivity index (χ3n) is 24.9. The number of aliphatic carboxylic acids is 2. The van der Waals surface area contributed by atoms with Crippen molar-refractivity contribution in [3.63, 3.8) is 0 Å². The van der Waals surface area contributed by atoms with Gasteiger partial charge in [0.05, 0.1) is 89.0 Å². The highest BCUT2D eigenvalue weighted by Crippen LogP contribution is 2.43. The fourth-order valence-electron chi connectivity index (χ4n) is 17.6. The first-order valence-corrected chi connectivity index (χ1v) is 46.5. The Balaban J connectivity index is 0.929. The van der Waals surface area contributed by atoms with E-state index in [0.717, 1.165) is 34.6 Å². The fraction of sp³-hybridized carbons (Fsp3) is 0.857. The van der Waals surface area contributed by atoms with Gasteiger partial charge in [-0.2, -0.15) is 0 Å². The van der Waals surface area contributed by atoms with Crippen LogP contribution in [0.1, 0.15) is 133 Å². The van der Waals surface area contributed by atoms with Gasteiger partial charge in [-0.15, -0.1) is 0 Å². The molecule has 0 radical (unpaired) electrons. The molecule has 144 heavy (non-hydrogen) atoms. The number of unbranched alkanes of at least 4 members (excludes halogenated alkanes) is 4. The number of aliphatic hydroxyl groups excluding tert-OH is 22. The van der Waals surface area contributed by atoms with E-state index >= 15 is 0 Å². The van der Waals surface area contributed by atoms with E-state index in [4.69, 9.17) is 71.1 Å². The van der Waals surface area contributed by atoms with Gasteiger partial charge in [-0.05, 0) is 47.5 Å². The Labute approximate surface area is 821 Å². The van der Waals surface area contributed by atoms with Crippen LogP contribution in [0.15, 0.2) is 0 Å². The number of ether oxygens (including phenoxy) is 15. The van der Waals surface area contributed by atoms with Gasteiger partial charge >= 0.3 is 17.9 Å². The number of rotatable bonds is 46. The maximum atomic E-state index is 14.5. The van der Waals surface area contributed by atoms with Crippen LogP contribution in [0.2, 0.25) is 0 Å². The molecule has 8 aliphatic heterocycles. The zero-order valence-electron chi connectivity index (χ0n) is 80.0. The van der Waals surface area contributed by atoms with Gasteiger partial charge in [0.15, 0.2) is 37.6 Å². The Morgan fingerprint density at radius 3 is 1.09 bits per heavy atom. The second-order valence-corrected chi connectivity index (χ2v) is 37.4. The first-order chi connectivity index (χ1) is 67.4. The number of carbonyl (C=O) groups excluding carboxylic acids is 10. The zero-order chi connectivity index (χ0) is 108. The molecule has 33 N–H and O–H groups in total. The van der Waals surface area contributed by atoms with Gasteiger partial charge in [0.2, 0.25) is 53.2 Å². The van der Waals surface area contributed by atoms with Crippen molar-refractivity contribution in [2.75, 3.05) is 46.2 Å². The predicted octanol–water partition coefficient (Wildman–Crippen LogP) is -17.6. The lowest BCUT2D eigenvalue weighted by atomic mass is 9.88. The highest BCUT2D eigenvalue weighted by Gasteiger charge is 2.65. The maximum absolute atomic E-state index is 14.5. The maximum Gasteiger partial charge on any atom is 0.364 e. The van der Waals surface area contributed by atoms with Gasteiger partial charge in [0, 0.05) is 60.4 Å². The minimum Gasteiger partial charge on any atom is -0.477 e. The molecular formula is C84H139N9O51. The largest absolute Gasteiger partial charge is 0.477 e. The van der Waals surface area contributed by atoms with Crippen molar-refractivity contribution in [3.8, 4) is 0 Å². The van der Waals surface area contributed by atoms with Gasteiger partial charge in [-0.25, -0.2) is 14.4 Å². The second-order valence-electron chi connectivity index (χ2n) is 37.4. The normalized spacial score (nSPS) is 38.6. The molecule has 8 aliphatic rings. The Bertz CT molecular complexity index is 4240. The molecule has 0 aromatic heterocycles. The summed E-state index contributed by atoms with van der Waals surface area (Å²) in [6.07, 6.45) is -78.7. The van der Waals surface area contributed by atoms with Crippen molar-refractivity contribution in [1.29, 1.82) is 0 Å². The van der Waals surface area contributed by atoms with Crippen molar-refractivity contribution in [2.24, 2.45) is 0 Å². The van der Waals surface area contributed by atoms with Crippen molar-refractivity contribution in [1.82, 2.24) is 47.9 Å². The van der Waals surface area contributed by atoms with E-state index in [9.17, 15) is 180 Å². The second kappa shape index (κ2) is 53.6. The Morgan fingerprint density at radius 2 is 0.736 bits per heavy atom.